The van der Waals surface area contributed by atoms with Crippen LogP contribution in [0.5, 0.6) is 17.2 Å². The molecular formula is C29H29N3O8S. The minimum Gasteiger partial charge on any atom is -0.496 e. The number of fused-ring (bicyclic) bond motifs is 1. The van der Waals surface area contributed by atoms with E-state index < -0.39 is 23.8 Å². The van der Waals surface area contributed by atoms with Gasteiger partial charge in [-0.1, -0.05) is 12.1 Å². The van der Waals surface area contributed by atoms with Crippen molar-refractivity contribution in [2.75, 3.05) is 26.1 Å². The second-order valence-electron chi connectivity index (χ2n) is 8.79. The lowest BCUT2D eigenvalue weighted by Crippen LogP contribution is -2.32. The van der Waals surface area contributed by atoms with Crippen LogP contribution in [0.25, 0.3) is 0 Å². The topological polar surface area (TPSA) is 142 Å². The zero-order chi connectivity index (χ0) is 29.4. The van der Waals surface area contributed by atoms with Crippen molar-refractivity contribution in [2.24, 2.45) is 5.10 Å². The first-order valence-corrected chi connectivity index (χ1v) is 13.7. The highest BCUT2D eigenvalue weighted by atomic mass is 32.1. The Kier molecular flexibility index (Phi) is 9.69. The predicted octanol–water partition coefficient (Wildman–Crippen LogP) is 4.13. The molecule has 12 heteroatoms. The second kappa shape index (κ2) is 13.6. The zero-order valence-electron chi connectivity index (χ0n) is 22.8. The Morgan fingerprint density at radius 3 is 2.44 bits per heavy atom. The van der Waals surface area contributed by atoms with Crippen molar-refractivity contribution in [3.05, 3.63) is 69.6 Å². The summed E-state index contributed by atoms with van der Waals surface area (Å²) in [5.41, 5.74) is 4.11. The summed E-state index contributed by atoms with van der Waals surface area (Å²) < 4.78 is 21.2. The molecule has 2 aromatic carbocycles. The van der Waals surface area contributed by atoms with Crippen molar-refractivity contribution in [1.29, 1.82) is 0 Å². The lowest BCUT2D eigenvalue weighted by molar-refractivity contribution is -0.136. The quantitative estimate of drug-likeness (QED) is 0.127. The van der Waals surface area contributed by atoms with Crippen molar-refractivity contribution in [3.63, 3.8) is 0 Å². The molecule has 41 heavy (non-hydrogen) atoms. The number of hydrogen-bond donors (Lipinski definition) is 2. The van der Waals surface area contributed by atoms with E-state index in [0.717, 1.165) is 29.7 Å². The summed E-state index contributed by atoms with van der Waals surface area (Å²) in [6.45, 7) is 1.90. The molecule has 0 spiro atoms. The molecular weight excluding hydrogens is 550 g/mol. The van der Waals surface area contributed by atoms with Gasteiger partial charge in [-0.3, -0.25) is 9.59 Å². The molecule has 0 aliphatic heterocycles. The fourth-order valence-electron chi connectivity index (χ4n) is 4.27. The van der Waals surface area contributed by atoms with Crippen LogP contribution in [-0.4, -0.2) is 50.8 Å². The van der Waals surface area contributed by atoms with E-state index in [2.05, 4.69) is 15.8 Å². The summed E-state index contributed by atoms with van der Waals surface area (Å²) in [5, 5.41) is 6.67. The first-order valence-electron chi connectivity index (χ1n) is 12.9. The summed E-state index contributed by atoms with van der Waals surface area (Å²) in [4.78, 5) is 51.3. The number of nitrogens with zero attached hydrogens (tertiary/aromatic N) is 1. The lowest BCUT2D eigenvalue weighted by atomic mass is 9.95. The van der Waals surface area contributed by atoms with Gasteiger partial charge in [0.2, 0.25) is 0 Å². The summed E-state index contributed by atoms with van der Waals surface area (Å²) in [7, 11) is 2.87. The molecule has 2 amide bonds. The predicted molar refractivity (Wildman–Crippen MR) is 152 cm³/mol. The van der Waals surface area contributed by atoms with E-state index in [1.807, 2.05) is 0 Å². The summed E-state index contributed by atoms with van der Waals surface area (Å²) >= 11 is 1.28. The minimum atomic E-state index is -1.02. The summed E-state index contributed by atoms with van der Waals surface area (Å²) in [6, 6.07) is 11.3. The summed E-state index contributed by atoms with van der Waals surface area (Å²) in [6.07, 6.45) is 4.76. The first-order chi connectivity index (χ1) is 19.9. The van der Waals surface area contributed by atoms with Crippen LogP contribution >= 0.6 is 11.3 Å². The van der Waals surface area contributed by atoms with E-state index in [1.165, 1.54) is 37.8 Å². The molecule has 3 aromatic rings. The van der Waals surface area contributed by atoms with Gasteiger partial charge in [-0.2, -0.15) is 5.10 Å². The summed E-state index contributed by atoms with van der Waals surface area (Å²) in [5.74, 6) is -2.35. The maximum absolute atomic E-state index is 12.6. The van der Waals surface area contributed by atoms with Crippen LogP contribution in [0, 0.1) is 0 Å². The Bertz CT molecular complexity index is 1500. The third-order valence-electron chi connectivity index (χ3n) is 6.18. The van der Waals surface area contributed by atoms with Gasteiger partial charge in [0.15, 0.2) is 11.5 Å². The van der Waals surface area contributed by atoms with Crippen LogP contribution in [-0.2, 0) is 27.2 Å². The number of anilines is 1. The van der Waals surface area contributed by atoms with Crippen LogP contribution in [0.15, 0.2) is 47.6 Å². The molecule has 1 aliphatic rings. The van der Waals surface area contributed by atoms with Crippen LogP contribution in [0.3, 0.4) is 0 Å². The van der Waals surface area contributed by atoms with Crippen LogP contribution in [0.4, 0.5) is 5.00 Å². The number of esters is 2. The lowest BCUT2D eigenvalue weighted by Gasteiger charge is -2.12. The first kappa shape index (κ1) is 29.3. The number of carbonyl (C=O) groups excluding carboxylic acids is 4. The highest BCUT2D eigenvalue weighted by Gasteiger charge is 2.28. The molecule has 0 fully saturated rings. The van der Waals surface area contributed by atoms with Gasteiger partial charge >= 0.3 is 23.8 Å². The third-order valence-corrected chi connectivity index (χ3v) is 7.39. The molecule has 4 rings (SSSR count). The van der Waals surface area contributed by atoms with Gasteiger partial charge in [-0.25, -0.2) is 15.0 Å². The number of amides is 2. The van der Waals surface area contributed by atoms with Gasteiger partial charge in [-0.05, 0) is 74.1 Å². The number of methoxy groups -OCH3 is 2. The Hall–Kier alpha value is -4.71. The number of hydrogen-bond acceptors (Lipinski definition) is 10. The van der Waals surface area contributed by atoms with Gasteiger partial charge in [-0.15, -0.1) is 11.3 Å². The number of ether oxygens (including phenoxy) is 4. The van der Waals surface area contributed by atoms with Gasteiger partial charge in [0.1, 0.15) is 16.3 Å². The van der Waals surface area contributed by atoms with Crippen molar-refractivity contribution < 1.29 is 38.1 Å². The third kappa shape index (κ3) is 6.90. The Balaban J connectivity index is 1.40. The average molecular weight is 580 g/mol. The molecule has 11 nitrogen and oxygen atoms in total. The molecule has 2 N–H and O–H groups in total. The largest absolute Gasteiger partial charge is 0.496 e. The Morgan fingerprint density at radius 1 is 0.927 bits per heavy atom. The number of rotatable bonds is 9. The highest BCUT2D eigenvalue weighted by Crippen LogP contribution is 2.38. The van der Waals surface area contributed by atoms with Crippen molar-refractivity contribution in [1.82, 2.24) is 5.43 Å². The normalized spacial score (nSPS) is 12.3. The molecule has 0 radical (unpaired) electrons. The molecule has 1 aliphatic carbocycles. The van der Waals surface area contributed by atoms with Gasteiger partial charge < -0.3 is 24.3 Å². The van der Waals surface area contributed by atoms with Crippen LogP contribution < -0.4 is 25.0 Å². The number of aryl methyl sites for hydroxylation is 1. The average Bonchev–Trinajstić information content (AvgIpc) is 3.35. The van der Waals surface area contributed by atoms with Crippen LogP contribution in [0.2, 0.25) is 0 Å². The molecule has 1 aromatic heterocycles. The monoisotopic (exact) mass is 579 g/mol. The number of hydrazone groups is 1. The number of nitrogens with one attached hydrogen (secondary N) is 2. The number of para-hydroxylation sites is 1. The fraction of sp³-hybridized carbons (Fsp3) is 0.276. The Morgan fingerprint density at radius 2 is 1.68 bits per heavy atom. The SMILES string of the molecule is CCOC(=O)c1c(NC(=O)C(=O)NN=Cc2ccc(OC(=O)c3ccccc3OC)c(OC)c2)sc2c1CCCC2. The highest BCUT2D eigenvalue weighted by molar-refractivity contribution is 7.17. The molecule has 214 valence electrons. The van der Waals surface area contributed by atoms with E-state index in [1.54, 1.807) is 43.3 Å². The maximum Gasteiger partial charge on any atom is 0.347 e. The van der Waals surface area contributed by atoms with Crippen molar-refractivity contribution in [2.45, 2.75) is 32.6 Å². The molecule has 0 saturated heterocycles. The molecule has 0 bridgehead atoms. The van der Waals surface area contributed by atoms with E-state index in [0.29, 0.717) is 28.3 Å². The van der Waals surface area contributed by atoms with Gasteiger partial charge in [0.25, 0.3) is 0 Å². The Labute approximate surface area is 240 Å². The standard InChI is InChI=1S/C29H29N3O8S/c1-4-39-29(36)24-19-10-6-8-12-23(19)41-27(24)31-25(33)26(34)32-30-16-17-13-14-21(22(15-17)38-3)40-28(35)18-9-5-7-11-20(18)37-2/h5,7,9,11,13-16H,4,6,8,10,12H2,1-3H3,(H,31,33)(H,32,34). The van der Waals surface area contributed by atoms with E-state index in [4.69, 9.17) is 18.9 Å². The van der Waals surface area contributed by atoms with Gasteiger partial charge in [0.05, 0.1) is 32.6 Å². The van der Waals surface area contributed by atoms with Gasteiger partial charge in [0, 0.05) is 4.88 Å². The van der Waals surface area contributed by atoms with E-state index in [9.17, 15) is 19.2 Å². The van der Waals surface area contributed by atoms with Crippen molar-refractivity contribution >= 4 is 46.3 Å². The smallest absolute Gasteiger partial charge is 0.347 e. The molecule has 0 atom stereocenters. The number of thiophene rings is 1. The number of benzene rings is 2. The molecule has 0 saturated carbocycles. The number of carbonyl (C=O) groups is 4. The zero-order valence-corrected chi connectivity index (χ0v) is 23.6. The fourth-order valence-corrected chi connectivity index (χ4v) is 5.54. The maximum atomic E-state index is 12.6. The second-order valence-corrected chi connectivity index (χ2v) is 9.89. The van der Waals surface area contributed by atoms with E-state index in [-0.39, 0.29) is 23.7 Å². The minimum absolute atomic E-state index is 0.167. The molecule has 0 unspecified atom stereocenters. The molecule has 1 heterocycles. The van der Waals surface area contributed by atoms with Crippen LogP contribution in [0.1, 0.15) is 56.5 Å². The van der Waals surface area contributed by atoms with E-state index >= 15 is 0 Å². The van der Waals surface area contributed by atoms with Crippen molar-refractivity contribution in [3.8, 4) is 17.2 Å².